The lowest BCUT2D eigenvalue weighted by atomic mass is 10.1. The van der Waals surface area contributed by atoms with Gasteiger partial charge in [-0.15, -0.1) is 0 Å². The number of nitrogens with zero attached hydrogens (tertiary/aromatic N) is 2. The van der Waals surface area contributed by atoms with Crippen molar-refractivity contribution < 1.29 is 0 Å². The van der Waals surface area contributed by atoms with Gasteiger partial charge in [0, 0.05) is 40.4 Å². The highest BCUT2D eigenvalue weighted by atomic mass is 15.5. The van der Waals surface area contributed by atoms with Crippen molar-refractivity contribution in [3.05, 3.63) is 29.8 Å². The summed E-state index contributed by atoms with van der Waals surface area (Å²) in [6.07, 6.45) is 0. The highest BCUT2D eigenvalue weighted by Crippen LogP contribution is 2.17. The van der Waals surface area contributed by atoms with E-state index in [1.165, 1.54) is 11.3 Å². The Labute approximate surface area is 98.0 Å². The number of hydrogen-bond acceptors (Lipinski definition) is 4. The number of nitrogens with one attached hydrogen (secondary N) is 1. The largest absolute Gasteiger partial charge is 0.378 e. The molecule has 0 aliphatic carbocycles. The number of nitrogens with two attached hydrogens (primary N) is 1. The van der Waals surface area contributed by atoms with Crippen molar-refractivity contribution in [3.63, 3.8) is 0 Å². The number of anilines is 1. The summed E-state index contributed by atoms with van der Waals surface area (Å²) in [7, 11) is 8.01. The zero-order valence-electron chi connectivity index (χ0n) is 10.6. The third-order valence-corrected chi connectivity index (χ3v) is 2.46. The van der Waals surface area contributed by atoms with Crippen LogP contribution >= 0.6 is 0 Å². The monoisotopic (exact) mass is 222 g/mol. The maximum atomic E-state index is 5.75. The highest BCUT2D eigenvalue weighted by Gasteiger charge is 2.09. The van der Waals surface area contributed by atoms with E-state index in [1.807, 2.05) is 33.2 Å². The van der Waals surface area contributed by atoms with Gasteiger partial charge in [-0.1, -0.05) is 12.1 Å². The van der Waals surface area contributed by atoms with Gasteiger partial charge in [0.25, 0.3) is 0 Å². The molecule has 1 aromatic rings. The molecule has 0 radical (unpaired) electrons. The van der Waals surface area contributed by atoms with Gasteiger partial charge in [-0.2, -0.15) is 0 Å². The van der Waals surface area contributed by atoms with E-state index < -0.39 is 0 Å². The lowest BCUT2D eigenvalue weighted by Crippen LogP contribution is -2.37. The molecule has 4 heteroatoms. The molecular formula is C12H22N4. The maximum absolute atomic E-state index is 5.75. The minimum atomic E-state index is 0.172. The Morgan fingerprint density at radius 1 is 1.12 bits per heavy atom. The first-order valence-electron chi connectivity index (χ1n) is 5.45. The van der Waals surface area contributed by atoms with Gasteiger partial charge in [-0.05, 0) is 17.7 Å². The summed E-state index contributed by atoms with van der Waals surface area (Å²) in [5.74, 6) is 0. The molecule has 1 atom stereocenters. The summed E-state index contributed by atoms with van der Waals surface area (Å²) in [6, 6.07) is 8.61. The van der Waals surface area contributed by atoms with E-state index in [9.17, 15) is 0 Å². The van der Waals surface area contributed by atoms with Gasteiger partial charge < -0.3 is 10.6 Å². The van der Waals surface area contributed by atoms with Crippen molar-refractivity contribution in [2.75, 3.05) is 39.6 Å². The zero-order chi connectivity index (χ0) is 12.1. The molecule has 0 aromatic heterocycles. The summed E-state index contributed by atoms with van der Waals surface area (Å²) in [4.78, 5) is 2.08. The van der Waals surface area contributed by atoms with Crippen LogP contribution in [-0.4, -0.2) is 39.7 Å². The topological polar surface area (TPSA) is 44.5 Å². The van der Waals surface area contributed by atoms with Gasteiger partial charge in [0.1, 0.15) is 0 Å². The first kappa shape index (κ1) is 13.0. The maximum Gasteiger partial charge on any atom is 0.0586 e. The minimum Gasteiger partial charge on any atom is -0.378 e. The Morgan fingerprint density at radius 2 is 1.69 bits per heavy atom. The van der Waals surface area contributed by atoms with Crippen LogP contribution in [0.5, 0.6) is 0 Å². The van der Waals surface area contributed by atoms with Gasteiger partial charge in [0.05, 0.1) is 6.04 Å². The van der Waals surface area contributed by atoms with Gasteiger partial charge in [0.15, 0.2) is 0 Å². The predicted molar refractivity (Wildman–Crippen MR) is 69.4 cm³/mol. The van der Waals surface area contributed by atoms with E-state index in [2.05, 4.69) is 34.6 Å². The molecule has 0 spiro atoms. The van der Waals surface area contributed by atoms with Crippen molar-refractivity contribution in [2.45, 2.75) is 6.04 Å². The van der Waals surface area contributed by atoms with E-state index in [-0.39, 0.29) is 6.04 Å². The average Bonchev–Trinajstić information content (AvgIpc) is 2.25. The molecule has 0 bridgehead atoms. The molecule has 0 fully saturated rings. The summed E-state index contributed by atoms with van der Waals surface area (Å²) < 4.78 is 0. The molecule has 0 saturated carbocycles. The molecule has 3 N–H and O–H groups in total. The average molecular weight is 222 g/mol. The fraction of sp³-hybridized carbons (Fsp3) is 0.500. The second-order valence-electron chi connectivity index (χ2n) is 4.30. The molecule has 1 rings (SSSR count). The first-order valence-corrected chi connectivity index (χ1v) is 5.45. The van der Waals surface area contributed by atoms with E-state index in [0.717, 1.165) is 0 Å². The Kier molecular flexibility index (Phi) is 4.73. The zero-order valence-corrected chi connectivity index (χ0v) is 10.6. The number of rotatable bonds is 5. The Morgan fingerprint density at radius 3 is 2.06 bits per heavy atom. The Hall–Kier alpha value is -1.10. The fourth-order valence-electron chi connectivity index (χ4n) is 1.58. The van der Waals surface area contributed by atoms with Crippen molar-refractivity contribution in [1.82, 2.24) is 10.4 Å². The van der Waals surface area contributed by atoms with E-state index in [1.54, 1.807) is 0 Å². The normalized spacial score (nSPS) is 12.9. The molecule has 0 heterocycles. The molecule has 1 aromatic carbocycles. The minimum absolute atomic E-state index is 0.172. The number of hydrogen-bond donors (Lipinski definition) is 2. The lowest BCUT2D eigenvalue weighted by molar-refractivity contribution is 0.245. The van der Waals surface area contributed by atoms with Crippen molar-refractivity contribution in [2.24, 2.45) is 5.73 Å². The molecule has 0 saturated heterocycles. The third kappa shape index (κ3) is 3.48. The van der Waals surface area contributed by atoms with E-state index in [4.69, 9.17) is 5.73 Å². The van der Waals surface area contributed by atoms with Gasteiger partial charge in [-0.25, -0.2) is 10.4 Å². The highest BCUT2D eigenvalue weighted by molar-refractivity contribution is 5.46. The second-order valence-corrected chi connectivity index (χ2v) is 4.30. The van der Waals surface area contributed by atoms with Crippen LogP contribution in [0.3, 0.4) is 0 Å². The van der Waals surface area contributed by atoms with Crippen LogP contribution in [0.4, 0.5) is 5.69 Å². The van der Waals surface area contributed by atoms with Gasteiger partial charge >= 0.3 is 0 Å². The second kappa shape index (κ2) is 5.84. The van der Waals surface area contributed by atoms with Gasteiger partial charge in [-0.3, -0.25) is 0 Å². The lowest BCUT2D eigenvalue weighted by Gasteiger charge is -2.22. The van der Waals surface area contributed by atoms with Crippen LogP contribution < -0.4 is 16.1 Å². The summed E-state index contributed by atoms with van der Waals surface area (Å²) in [5.41, 5.74) is 11.4. The Bertz CT molecular complexity index is 305. The molecule has 90 valence electrons. The SMILES string of the molecule is CN(C)NC(CN)c1ccc(N(C)C)cc1. The smallest absolute Gasteiger partial charge is 0.0586 e. The number of benzene rings is 1. The first-order chi connectivity index (χ1) is 7.54. The molecule has 0 aliphatic rings. The van der Waals surface area contributed by atoms with E-state index in [0.29, 0.717) is 6.54 Å². The van der Waals surface area contributed by atoms with Crippen LogP contribution in [0.2, 0.25) is 0 Å². The quantitative estimate of drug-likeness (QED) is 0.724. The molecule has 16 heavy (non-hydrogen) atoms. The van der Waals surface area contributed by atoms with Crippen LogP contribution in [-0.2, 0) is 0 Å². The number of hydrazine groups is 1. The fourth-order valence-corrected chi connectivity index (χ4v) is 1.58. The predicted octanol–water partition coefficient (Wildman–Crippen LogP) is 0.819. The third-order valence-electron chi connectivity index (χ3n) is 2.46. The van der Waals surface area contributed by atoms with Crippen molar-refractivity contribution in [1.29, 1.82) is 0 Å². The summed E-state index contributed by atoms with van der Waals surface area (Å²) >= 11 is 0. The van der Waals surface area contributed by atoms with Gasteiger partial charge in [0.2, 0.25) is 0 Å². The molecule has 4 nitrogen and oxygen atoms in total. The van der Waals surface area contributed by atoms with Crippen LogP contribution in [0.1, 0.15) is 11.6 Å². The molecule has 0 amide bonds. The van der Waals surface area contributed by atoms with Crippen LogP contribution in [0.25, 0.3) is 0 Å². The standard InChI is InChI=1S/C12H22N4/c1-15(2)11-7-5-10(6-8-11)12(9-13)14-16(3)4/h5-8,12,14H,9,13H2,1-4H3. The van der Waals surface area contributed by atoms with Crippen molar-refractivity contribution >= 4 is 5.69 Å². The molecular weight excluding hydrogens is 200 g/mol. The molecule has 0 aliphatic heterocycles. The molecule has 1 unspecified atom stereocenters. The Balaban J connectivity index is 2.78. The van der Waals surface area contributed by atoms with Crippen LogP contribution in [0.15, 0.2) is 24.3 Å². The summed E-state index contributed by atoms with van der Waals surface area (Å²) in [5, 5.41) is 1.93. The van der Waals surface area contributed by atoms with E-state index >= 15 is 0 Å². The van der Waals surface area contributed by atoms with Crippen LogP contribution in [0, 0.1) is 0 Å². The van der Waals surface area contributed by atoms with Crippen molar-refractivity contribution in [3.8, 4) is 0 Å². The summed E-state index contributed by atoms with van der Waals surface area (Å²) in [6.45, 7) is 0.583.